The van der Waals surface area contributed by atoms with Crippen LogP contribution in [0.3, 0.4) is 0 Å². The first-order valence-electron chi connectivity index (χ1n) is 6.31. The average molecular weight is 242 g/mol. The number of para-hydroxylation sites is 2. The standard InChI is InChI=1S/C12H10O.C4H8O/c1-3-7-11(8-4-1)13-12-9-5-2-6-10-12;1-2-4-5-3-1/h1-10H;1-4H2. The van der Waals surface area contributed by atoms with Gasteiger partial charge in [0.15, 0.2) is 0 Å². The second kappa shape index (κ2) is 7.51. The summed E-state index contributed by atoms with van der Waals surface area (Å²) in [6.07, 6.45) is 2.56. The molecular formula is C16H18O2. The number of benzene rings is 2. The summed E-state index contributed by atoms with van der Waals surface area (Å²) in [7, 11) is 0. The van der Waals surface area contributed by atoms with Crippen molar-refractivity contribution in [2.45, 2.75) is 12.8 Å². The molecule has 0 atom stereocenters. The van der Waals surface area contributed by atoms with Crippen LogP contribution >= 0.6 is 0 Å². The van der Waals surface area contributed by atoms with Crippen LogP contribution in [0.15, 0.2) is 60.7 Å². The van der Waals surface area contributed by atoms with Crippen molar-refractivity contribution in [1.29, 1.82) is 0 Å². The molecule has 94 valence electrons. The van der Waals surface area contributed by atoms with Gasteiger partial charge in [0.05, 0.1) is 0 Å². The lowest BCUT2D eigenvalue weighted by atomic mass is 10.3. The van der Waals surface area contributed by atoms with Gasteiger partial charge >= 0.3 is 0 Å². The molecular weight excluding hydrogens is 224 g/mol. The molecule has 1 aliphatic heterocycles. The van der Waals surface area contributed by atoms with E-state index >= 15 is 0 Å². The molecule has 18 heavy (non-hydrogen) atoms. The van der Waals surface area contributed by atoms with E-state index < -0.39 is 0 Å². The van der Waals surface area contributed by atoms with Gasteiger partial charge < -0.3 is 9.47 Å². The van der Waals surface area contributed by atoms with E-state index in [4.69, 9.17) is 9.47 Å². The monoisotopic (exact) mass is 242 g/mol. The molecule has 1 fully saturated rings. The molecule has 0 N–H and O–H groups in total. The summed E-state index contributed by atoms with van der Waals surface area (Å²) in [6, 6.07) is 19.5. The third-order valence-corrected chi connectivity index (χ3v) is 2.55. The highest BCUT2D eigenvalue weighted by Crippen LogP contribution is 2.19. The van der Waals surface area contributed by atoms with Crippen molar-refractivity contribution < 1.29 is 9.47 Å². The van der Waals surface area contributed by atoms with Gasteiger partial charge in [-0.15, -0.1) is 0 Å². The Balaban J connectivity index is 0.000000202. The van der Waals surface area contributed by atoms with E-state index in [2.05, 4.69) is 0 Å². The van der Waals surface area contributed by atoms with Crippen LogP contribution in [0.1, 0.15) is 12.8 Å². The first-order chi connectivity index (χ1) is 8.95. The summed E-state index contributed by atoms with van der Waals surface area (Å²) in [5, 5.41) is 0. The minimum absolute atomic E-state index is 0.869. The maximum Gasteiger partial charge on any atom is 0.127 e. The van der Waals surface area contributed by atoms with Crippen LogP contribution < -0.4 is 4.74 Å². The van der Waals surface area contributed by atoms with Crippen LogP contribution in [0.2, 0.25) is 0 Å². The van der Waals surface area contributed by atoms with Crippen LogP contribution in [0, 0.1) is 0 Å². The summed E-state index contributed by atoms with van der Waals surface area (Å²) in [6.45, 7) is 2.00. The zero-order valence-electron chi connectivity index (χ0n) is 10.4. The van der Waals surface area contributed by atoms with Gasteiger partial charge in [-0.3, -0.25) is 0 Å². The van der Waals surface area contributed by atoms with Gasteiger partial charge in [0.25, 0.3) is 0 Å². The zero-order valence-corrected chi connectivity index (χ0v) is 10.4. The maximum absolute atomic E-state index is 5.58. The van der Waals surface area contributed by atoms with Gasteiger partial charge in [0.1, 0.15) is 11.5 Å². The van der Waals surface area contributed by atoms with E-state index in [1.54, 1.807) is 0 Å². The second-order valence-corrected chi connectivity index (χ2v) is 4.05. The lowest BCUT2D eigenvalue weighted by molar-refractivity contribution is 0.198. The second-order valence-electron chi connectivity index (χ2n) is 4.05. The van der Waals surface area contributed by atoms with Crippen molar-refractivity contribution in [1.82, 2.24) is 0 Å². The van der Waals surface area contributed by atoms with Gasteiger partial charge in [0.2, 0.25) is 0 Å². The highest BCUT2D eigenvalue weighted by Gasteiger charge is 1.94. The smallest absolute Gasteiger partial charge is 0.127 e. The zero-order chi connectivity index (χ0) is 12.5. The Morgan fingerprint density at radius 2 is 1.11 bits per heavy atom. The van der Waals surface area contributed by atoms with E-state index in [-0.39, 0.29) is 0 Å². The average Bonchev–Trinajstić information content (AvgIpc) is 3.00. The first kappa shape index (κ1) is 12.7. The van der Waals surface area contributed by atoms with Crippen molar-refractivity contribution in [3.63, 3.8) is 0 Å². The fourth-order valence-corrected chi connectivity index (χ4v) is 1.62. The Morgan fingerprint density at radius 3 is 1.44 bits per heavy atom. The van der Waals surface area contributed by atoms with Crippen molar-refractivity contribution >= 4 is 0 Å². The molecule has 0 unspecified atom stereocenters. The predicted molar refractivity (Wildman–Crippen MR) is 73.0 cm³/mol. The minimum atomic E-state index is 0.869. The molecule has 0 saturated carbocycles. The van der Waals surface area contributed by atoms with E-state index in [0.29, 0.717) is 0 Å². The van der Waals surface area contributed by atoms with Gasteiger partial charge in [-0.05, 0) is 37.1 Å². The third kappa shape index (κ3) is 4.60. The molecule has 1 heterocycles. The molecule has 0 amide bonds. The molecule has 0 aromatic heterocycles. The van der Waals surface area contributed by atoms with Crippen LogP contribution in [0.5, 0.6) is 11.5 Å². The van der Waals surface area contributed by atoms with Crippen molar-refractivity contribution in [2.24, 2.45) is 0 Å². The Morgan fingerprint density at radius 1 is 0.667 bits per heavy atom. The number of hydrogen-bond acceptors (Lipinski definition) is 2. The summed E-state index contributed by atoms with van der Waals surface area (Å²) in [5.41, 5.74) is 0. The molecule has 0 spiro atoms. The van der Waals surface area contributed by atoms with E-state index in [1.165, 1.54) is 12.8 Å². The molecule has 2 heteroatoms. The Labute approximate surface area is 108 Å². The number of ether oxygens (including phenoxy) is 2. The first-order valence-corrected chi connectivity index (χ1v) is 6.31. The van der Waals surface area contributed by atoms with Gasteiger partial charge in [-0.25, -0.2) is 0 Å². The van der Waals surface area contributed by atoms with Crippen LogP contribution in [-0.2, 0) is 4.74 Å². The Bertz CT molecular complexity index is 376. The van der Waals surface area contributed by atoms with E-state index in [1.807, 2.05) is 60.7 Å². The molecule has 2 aromatic carbocycles. The Hall–Kier alpha value is -1.80. The quantitative estimate of drug-likeness (QED) is 0.782. The number of rotatable bonds is 2. The Kier molecular flexibility index (Phi) is 5.28. The lowest BCUT2D eigenvalue weighted by Crippen LogP contribution is -1.81. The van der Waals surface area contributed by atoms with Crippen LogP contribution in [-0.4, -0.2) is 13.2 Å². The van der Waals surface area contributed by atoms with Crippen molar-refractivity contribution in [2.75, 3.05) is 13.2 Å². The summed E-state index contributed by atoms with van der Waals surface area (Å²) < 4.78 is 10.5. The minimum Gasteiger partial charge on any atom is -0.457 e. The van der Waals surface area contributed by atoms with Gasteiger partial charge in [-0.2, -0.15) is 0 Å². The molecule has 3 rings (SSSR count). The largest absolute Gasteiger partial charge is 0.457 e. The highest BCUT2D eigenvalue weighted by atomic mass is 16.5. The van der Waals surface area contributed by atoms with Crippen molar-refractivity contribution in [3.8, 4) is 11.5 Å². The van der Waals surface area contributed by atoms with Crippen LogP contribution in [0.4, 0.5) is 0 Å². The number of hydrogen-bond donors (Lipinski definition) is 0. The van der Waals surface area contributed by atoms with Gasteiger partial charge in [-0.1, -0.05) is 36.4 Å². The molecule has 1 aliphatic rings. The third-order valence-electron chi connectivity index (χ3n) is 2.55. The molecule has 0 radical (unpaired) electrons. The van der Waals surface area contributed by atoms with E-state index in [9.17, 15) is 0 Å². The maximum atomic E-state index is 5.58. The summed E-state index contributed by atoms with van der Waals surface area (Å²) >= 11 is 0. The molecule has 0 aliphatic carbocycles. The molecule has 2 aromatic rings. The normalized spacial score (nSPS) is 13.6. The molecule has 1 saturated heterocycles. The topological polar surface area (TPSA) is 18.5 Å². The lowest BCUT2D eigenvalue weighted by Gasteiger charge is -2.03. The fraction of sp³-hybridized carbons (Fsp3) is 0.250. The van der Waals surface area contributed by atoms with E-state index in [0.717, 1.165) is 24.7 Å². The predicted octanol–water partition coefficient (Wildman–Crippen LogP) is 4.28. The molecule has 0 bridgehead atoms. The fourth-order valence-electron chi connectivity index (χ4n) is 1.62. The van der Waals surface area contributed by atoms with Gasteiger partial charge in [0, 0.05) is 13.2 Å². The summed E-state index contributed by atoms with van der Waals surface area (Å²) in [5.74, 6) is 1.74. The summed E-state index contributed by atoms with van der Waals surface area (Å²) in [4.78, 5) is 0. The SMILES string of the molecule is C1CCOC1.c1ccc(Oc2ccccc2)cc1. The van der Waals surface area contributed by atoms with Crippen LogP contribution in [0.25, 0.3) is 0 Å². The highest BCUT2D eigenvalue weighted by molar-refractivity contribution is 5.30. The van der Waals surface area contributed by atoms with Crippen molar-refractivity contribution in [3.05, 3.63) is 60.7 Å². The molecule has 2 nitrogen and oxygen atoms in total.